The number of methoxy groups -OCH3 is 1. The molecule has 5 N–H and O–H groups in total. The lowest BCUT2D eigenvalue weighted by Gasteiger charge is -2.16. The van der Waals surface area contributed by atoms with E-state index in [-0.39, 0.29) is 31.0 Å². The fraction of sp³-hybridized carbons (Fsp3) is 0.409. The molecule has 0 spiro atoms. The van der Waals surface area contributed by atoms with Crippen LogP contribution < -0.4 is 10.5 Å². The van der Waals surface area contributed by atoms with Crippen LogP contribution in [0.2, 0.25) is 0 Å². The van der Waals surface area contributed by atoms with Crippen LogP contribution in [0.3, 0.4) is 0 Å². The van der Waals surface area contributed by atoms with Crippen molar-refractivity contribution in [2.75, 3.05) is 13.7 Å². The molecular formula is C22H29NO5. The second-order valence-corrected chi connectivity index (χ2v) is 6.82. The minimum Gasteiger partial charge on any atom is -0.504 e. The molecule has 0 fully saturated rings. The van der Waals surface area contributed by atoms with Crippen LogP contribution >= 0.6 is 0 Å². The summed E-state index contributed by atoms with van der Waals surface area (Å²) in [7, 11) is 1.50. The monoisotopic (exact) mass is 387 g/mol. The maximum atomic E-state index is 12.2. The fourth-order valence-corrected chi connectivity index (χ4v) is 3.22. The van der Waals surface area contributed by atoms with E-state index in [1.165, 1.54) is 7.11 Å². The van der Waals surface area contributed by atoms with Crippen LogP contribution in [0, 0.1) is 0 Å². The zero-order chi connectivity index (χ0) is 20.5. The predicted octanol–water partition coefficient (Wildman–Crippen LogP) is 2.55. The Kier molecular flexibility index (Phi) is 8.44. The van der Waals surface area contributed by atoms with Crippen molar-refractivity contribution in [3.05, 3.63) is 47.5 Å². The summed E-state index contributed by atoms with van der Waals surface area (Å²) in [6.07, 6.45) is 0.988. The van der Waals surface area contributed by atoms with Crippen LogP contribution in [0.25, 0.3) is 11.1 Å². The van der Waals surface area contributed by atoms with Gasteiger partial charge < -0.3 is 25.8 Å². The average Bonchev–Trinajstić information content (AvgIpc) is 2.71. The largest absolute Gasteiger partial charge is 0.504 e. The number of phenols is 1. The standard InChI is InChI=1S/C22H29NO5/c1-28-22-20(27)11-9-17(8-10-19(26)13-18(25)3-2-12-24)21(22)16-6-4-15(14-23)5-7-16/h4-7,9,11,18,24-25,27H,2-3,8,10,12-14,23H2,1H3. The molecule has 0 aliphatic heterocycles. The molecule has 0 aliphatic carbocycles. The highest BCUT2D eigenvalue weighted by atomic mass is 16.5. The number of hydrogen-bond donors (Lipinski definition) is 4. The van der Waals surface area contributed by atoms with Crippen molar-refractivity contribution < 1.29 is 24.9 Å². The lowest BCUT2D eigenvalue weighted by atomic mass is 9.93. The lowest BCUT2D eigenvalue weighted by Crippen LogP contribution is -2.14. The molecule has 6 heteroatoms. The number of aliphatic hydroxyl groups excluding tert-OH is 2. The number of carbonyl (C=O) groups excluding carboxylic acids is 1. The minimum atomic E-state index is -0.725. The number of benzene rings is 2. The van der Waals surface area contributed by atoms with Crippen molar-refractivity contribution in [1.82, 2.24) is 0 Å². The second kappa shape index (κ2) is 10.8. The van der Waals surface area contributed by atoms with E-state index in [1.54, 1.807) is 12.1 Å². The van der Waals surface area contributed by atoms with Gasteiger partial charge in [-0.1, -0.05) is 30.3 Å². The van der Waals surface area contributed by atoms with Gasteiger partial charge in [0.2, 0.25) is 0 Å². The van der Waals surface area contributed by atoms with Gasteiger partial charge in [0.05, 0.1) is 13.2 Å². The Balaban J connectivity index is 2.20. The Morgan fingerprint density at radius 1 is 1.18 bits per heavy atom. The summed E-state index contributed by atoms with van der Waals surface area (Å²) in [6.45, 7) is 0.447. The Labute approximate surface area is 165 Å². The third kappa shape index (κ3) is 5.79. The molecule has 0 aromatic heterocycles. The van der Waals surface area contributed by atoms with E-state index < -0.39 is 6.10 Å². The van der Waals surface area contributed by atoms with Crippen LogP contribution in [0.4, 0.5) is 0 Å². The van der Waals surface area contributed by atoms with Crippen LogP contribution in [-0.4, -0.2) is 40.9 Å². The molecule has 152 valence electrons. The number of nitrogens with two attached hydrogens (primary N) is 1. The highest BCUT2D eigenvalue weighted by molar-refractivity contribution is 5.81. The van der Waals surface area contributed by atoms with Crippen molar-refractivity contribution in [1.29, 1.82) is 0 Å². The molecule has 2 aromatic rings. The van der Waals surface area contributed by atoms with E-state index in [0.717, 1.165) is 22.3 Å². The molecule has 0 saturated carbocycles. The number of aryl methyl sites for hydroxylation is 1. The number of phenolic OH excluding ortho intramolecular Hbond substituents is 1. The minimum absolute atomic E-state index is 0.00482. The van der Waals surface area contributed by atoms with Crippen molar-refractivity contribution in [2.24, 2.45) is 5.73 Å². The number of hydrogen-bond acceptors (Lipinski definition) is 6. The molecule has 6 nitrogen and oxygen atoms in total. The maximum absolute atomic E-state index is 12.2. The van der Waals surface area contributed by atoms with Crippen molar-refractivity contribution in [3.8, 4) is 22.6 Å². The van der Waals surface area contributed by atoms with Gasteiger partial charge >= 0.3 is 0 Å². The van der Waals surface area contributed by atoms with Crippen LogP contribution in [0.15, 0.2) is 36.4 Å². The predicted molar refractivity (Wildman–Crippen MR) is 108 cm³/mol. The highest BCUT2D eigenvalue weighted by Crippen LogP contribution is 2.40. The van der Waals surface area contributed by atoms with Crippen molar-refractivity contribution >= 4 is 5.78 Å². The first-order chi connectivity index (χ1) is 13.5. The van der Waals surface area contributed by atoms with E-state index in [4.69, 9.17) is 15.6 Å². The summed E-state index contributed by atoms with van der Waals surface area (Å²) in [5.41, 5.74) is 9.16. The SMILES string of the molecule is COc1c(O)ccc(CCC(=O)CC(O)CCCO)c1-c1ccc(CN)cc1. The molecule has 1 atom stereocenters. The molecule has 0 aliphatic rings. The quantitative estimate of drug-likeness (QED) is 0.471. The van der Waals surface area contributed by atoms with E-state index in [0.29, 0.717) is 31.6 Å². The van der Waals surface area contributed by atoms with Gasteiger partial charge in [0, 0.05) is 31.6 Å². The lowest BCUT2D eigenvalue weighted by molar-refractivity contribution is -0.121. The Bertz CT molecular complexity index is 773. The topological polar surface area (TPSA) is 113 Å². The summed E-state index contributed by atoms with van der Waals surface area (Å²) in [5.74, 6) is 0.366. The molecule has 28 heavy (non-hydrogen) atoms. The Morgan fingerprint density at radius 3 is 2.50 bits per heavy atom. The number of aliphatic hydroxyl groups is 2. The summed E-state index contributed by atoms with van der Waals surface area (Å²) in [5, 5.41) is 28.9. The number of aromatic hydroxyl groups is 1. The number of ether oxygens (including phenoxy) is 1. The molecule has 0 saturated heterocycles. The van der Waals surface area contributed by atoms with E-state index >= 15 is 0 Å². The normalized spacial score (nSPS) is 12.0. The first kappa shape index (κ1) is 21.9. The third-order valence-electron chi connectivity index (χ3n) is 4.74. The molecule has 0 bridgehead atoms. The van der Waals surface area contributed by atoms with Gasteiger partial charge in [0.1, 0.15) is 5.78 Å². The van der Waals surface area contributed by atoms with Gasteiger partial charge in [-0.3, -0.25) is 4.79 Å². The van der Waals surface area contributed by atoms with Gasteiger partial charge in [0.15, 0.2) is 11.5 Å². The average molecular weight is 387 g/mol. The summed E-state index contributed by atoms with van der Waals surface area (Å²) in [6, 6.07) is 11.0. The smallest absolute Gasteiger partial charge is 0.168 e. The van der Waals surface area contributed by atoms with Gasteiger partial charge in [-0.05, 0) is 42.0 Å². The zero-order valence-corrected chi connectivity index (χ0v) is 16.2. The molecule has 0 amide bonds. The van der Waals surface area contributed by atoms with Gasteiger partial charge in [-0.2, -0.15) is 0 Å². The molecule has 0 radical (unpaired) electrons. The van der Waals surface area contributed by atoms with Crippen LogP contribution in [-0.2, 0) is 17.8 Å². The molecular weight excluding hydrogens is 358 g/mol. The fourth-order valence-electron chi connectivity index (χ4n) is 3.22. The second-order valence-electron chi connectivity index (χ2n) is 6.82. The first-order valence-corrected chi connectivity index (χ1v) is 9.49. The number of Topliss-reactive ketones (excluding diaryl/α,β-unsaturated/α-hetero) is 1. The third-order valence-corrected chi connectivity index (χ3v) is 4.74. The van der Waals surface area contributed by atoms with Crippen LogP contribution in [0.1, 0.15) is 36.8 Å². The number of carbonyl (C=O) groups is 1. The molecule has 0 heterocycles. The summed E-state index contributed by atoms with van der Waals surface area (Å²) in [4.78, 5) is 12.2. The molecule has 2 rings (SSSR count). The maximum Gasteiger partial charge on any atom is 0.168 e. The van der Waals surface area contributed by atoms with Crippen molar-refractivity contribution in [2.45, 2.75) is 44.8 Å². The van der Waals surface area contributed by atoms with E-state index in [2.05, 4.69) is 0 Å². The molecule has 2 aromatic carbocycles. The zero-order valence-electron chi connectivity index (χ0n) is 16.2. The van der Waals surface area contributed by atoms with Gasteiger partial charge in [-0.15, -0.1) is 0 Å². The summed E-state index contributed by atoms with van der Waals surface area (Å²) >= 11 is 0. The molecule has 1 unspecified atom stereocenters. The number of ketones is 1. The number of rotatable bonds is 11. The van der Waals surface area contributed by atoms with E-state index in [1.807, 2.05) is 24.3 Å². The Hall–Kier alpha value is -2.41. The van der Waals surface area contributed by atoms with Gasteiger partial charge in [0.25, 0.3) is 0 Å². The summed E-state index contributed by atoms with van der Waals surface area (Å²) < 4.78 is 5.42. The van der Waals surface area contributed by atoms with E-state index in [9.17, 15) is 15.0 Å². The van der Waals surface area contributed by atoms with Gasteiger partial charge in [-0.25, -0.2) is 0 Å². The first-order valence-electron chi connectivity index (χ1n) is 9.49. The Morgan fingerprint density at radius 2 is 1.89 bits per heavy atom. The van der Waals surface area contributed by atoms with Crippen LogP contribution in [0.5, 0.6) is 11.5 Å². The highest BCUT2D eigenvalue weighted by Gasteiger charge is 2.17. The van der Waals surface area contributed by atoms with Crippen molar-refractivity contribution in [3.63, 3.8) is 0 Å².